The molecular weight excluding hydrogens is 379 g/mol. The number of anilines is 1. The summed E-state index contributed by atoms with van der Waals surface area (Å²) in [5.74, 6) is 0.451. The third kappa shape index (κ3) is 4.68. The van der Waals surface area contributed by atoms with E-state index < -0.39 is 0 Å². The molecular formula is C11H19IN4O2S. The predicted octanol–water partition coefficient (Wildman–Crippen LogP) is 1.24. The second kappa shape index (κ2) is 8.41. The van der Waals surface area contributed by atoms with Gasteiger partial charge in [-0.25, -0.2) is 4.79 Å². The third-order valence-corrected chi connectivity index (χ3v) is 3.05. The maximum atomic E-state index is 11.7. The molecule has 6 nitrogen and oxygen atoms in total. The van der Waals surface area contributed by atoms with Crippen LogP contribution in [0.1, 0.15) is 13.3 Å². The fourth-order valence-electron chi connectivity index (χ4n) is 1.33. The van der Waals surface area contributed by atoms with Crippen LogP contribution in [0.15, 0.2) is 20.6 Å². The van der Waals surface area contributed by atoms with Crippen LogP contribution in [0.3, 0.4) is 0 Å². The minimum Gasteiger partial charge on any atom is -0.321 e. The Labute approximate surface area is 133 Å². The summed E-state index contributed by atoms with van der Waals surface area (Å²) in [5.41, 5.74) is -0.697. The molecule has 0 saturated heterocycles. The van der Waals surface area contributed by atoms with E-state index in [9.17, 15) is 9.59 Å². The average molecular weight is 398 g/mol. The zero-order valence-corrected chi connectivity index (χ0v) is 14.6. The zero-order valence-electron chi connectivity index (χ0n) is 11.5. The molecule has 0 spiro atoms. The molecule has 0 saturated carbocycles. The molecule has 1 heterocycles. The van der Waals surface area contributed by atoms with Crippen LogP contribution in [-0.2, 0) is 14.1 Å². The number of aromatic nitrogens is 2. The van der Waals surface area contributed by atoms with Crippen LogP contribution in [0.5, 0.6) is 0 Å². The highest BCUT2D eigenvalue weighted by atomic mass is 127. The summed E-state index contributed by atoms with van der Waals surface area (Å²) in [6, 6.07) is 1.39. The number of hydrogen-bond acceptors (Lipinski definition) is 4. The van der Waals surface area contributed by atoms with Gasteiger partial charge in [0, 0.05) is 26.7 Å². The van der Waals surface area contributed by atoms with Gasteiger partial charge < -0.3 is 5.32 Å². The number of rotatable bonds is 3. The van der Waals surface area contributed by atoms with Crippen molar-refractivity contribution in [3.63, 3.8) is 0 Å². The van der Waals surface area contributed by atoms with Gasteiger partial charge >= 0.3 is 5.69 Å². The summed E-state index contributed by atoms with van der Waals surface area (Å²) in [6.07, 6.45) is 2.84. The number of aliphatic imine (C=N–C) groups is 1. The molecule has 19 heavy (non-hydrogen) atoms. The Bertz CT molecular complexity index is 565. The topological polar surface area (TPSA) is 68.4 Å². The molecule has 1 N–H and O–H groups in total. The van der Waals surface area contributed by atoms with E-state index in [2.05, 4.69) is 10.3 Å². The standard InChI is InChI=1S/C11H18N4O2S.HI/c1-5-6-12-10(18-4)13-8-7-9(16)15(3)11(17)14(8)2;/h7H,5-6H2,1-4H3,(H,12,13);1H. The number of amidine groups is 1. The molecule has 0 bridgehead atoms. The van der Waals surface area contributed by atoms with E-state index in [4.69, 9.17) is 0 Å². The molecule has 0 radical (unpaired) electrons. The smallest absolute Gasteiger partial charge is 0.321 e. The predicted molar refractivity (Wildman–Crippen MR) is 92.1 cm³/mol. The molecule has 0 aliphatic rings. The van der Waals surface area contributed by atoms with Crippen LogP contribution in [0.4, 0.5) is 5.82 Å². The molecule has 108 valence electrons. The second-order valence-electron chi connectivity index (χ2n) is 3.78. The fraction of sp³-hybridized carbons (Fsp3) is 0.545. The van der Waals surface area contributed by atoms with E-state index in [0.29, 0.717) is 17.5 Å². The second-order valence-corrected chi connectivity index (χ2v) is 4.58. The normalized spacial score (nSPS) is 11.1. The summed E-state index contributed by atoms with van der Waals surface area (Å²) in [6.45, 7) is 2.75. The van der Waals surface area contributed by atoms with E-state index in [1.807, 2.05) is 13.2 Å². The highest BCUT2D eigenvalue weighted by Crippen LogP contribution is 2.05. The van der Waals surface area contributed by atoms with Gasteiger partial charge in [0.25, 0.3) is 5.56 Å². The third-order valence-electron chi connectivity index (χ3n) is 2.43. The minimum atomic E-state index is -0.360. The molecule has 0 aromatic carbocycles. The lowest BCUT2D eigenvalue weighted by molar-refractivity contribution is 0.693. The largest absolute Gasteiger partial charge is 0.332 e. The van der Waals surface area contributed by atoms with Crippen molar-refractivity contribution in [1.29, 1.82) is 0 Å². The summed E-state index contributed by atoms with van der Waals surface area (Å²) >= 11 is 1.44. The summed E-state index contributed by atoms with van der Waals surface area (Å²) in [5, 5.41) is 3.70. The van der Waals surface area contributed by atoms with Crippen molar-refractivity contribution >= 4 is 46.7 Å². The summed E-state index contributed by atoms with van der Waals surface area (Å²) in [7, 11) is 3.07. The number of nitrogens with zero attached hydrogens (tertiary/aromatic N) is 3. The maximum absolute atomic E-state index is 11.7. The lowest BCUT2D eigenvalue weighted by atomic mass is 10.5. The molecule has 0 aliphatic carbocycles. The van der Waals surface area contributed by atoms with Gasteiger partial charge in [-0.3, -0.25) is 18.9 Å². The first kappa shape index (κ1) is 18.2. The molecule has 0 fully saturated rings. The number of halogens is 1. The SMILES string of the molecule is CCCN=C(Nc1cc(=O)n(C)c(=O)n1C)SC.I. The molecule has 1 aromatic rings. The molecule has 0 aliphatic heterocycles. The Kier molecular flexibility index (Phi) is 8.07. The maximum Gasteiger partial charge on any atom is 0.332 e. The molecule has 0 unspecified atom stereocenters. The molecule has 1 rings (SSSR count). The monoisotopic (exact) mass is 398 g/mol. The van der Waals surface area contributed by atoms with E-state index in [1.54, 1.807) is 7.05 Å². The highest BCUT2D eigenvalue weighted by molar-refractivity contribution is 14.0. The Hall–Kier alpha value is -0.770. The first-order valence-electron chi connectivity index (χ1n) is 5.63. The van der Waals surface area contributed by atoms with E-state index in [0.717, 1.165) is 11.0 Å². The number of hydrogen-bond donors (Lipinski definition) is 1. The molecule has 0 atom stereocenters. The van der Waals surface area contributed by atoms with Crippen LogP contribution in [0, 0.1) is 0 Å². The van der Waals surface area contributed by atoms with Gasteiger partial charge in [0.05, 0.1) is 0 Å². The molecule has 8 heteroatoms. The van der Waals surface area contributed by atoms with Crippen molar-refractivity contribution in [3.05, 3.63) is 26.9 Å². The number of nitrogens with one attached hydrogen (secondary N) is 1. The Morgan fingerprint density at radius 3 is 2.53 bits per heavy atom. The Morgan fingerprint density at radius 2 is 2.00 bits per heavy atom. The lowest BCUT2D eigenvalue weighted by Crippen LogP contribution is -2.37. The van der Waals surface area contributed by atoms with Gasteiger partial charge in [-0.1, -0.05) is 18.7 Å². The fourth-order valence-corrected chi connectivity index (χ4v) is 1.76. The van der Waals surface area contributed by atoms with Gasteiger partial charge in [0.2, 0.25) is 0 Å². The molecule has 1 aromatic heterocycles. The van der Waals surface area contributed by atoms with Crippen molar-refractivity contribution in [2.75, 3.05) is 18.1 Å². The summed E-state index contributed by atoms with van der Waals surface area (Å²) < 4.78 is 2.45. The van der Waals surface area contributed by atoms with Gasteiger partial charge in [-0.15, -0.1) is 24.0 Å². The Morgan fingerprint density at radius 1 is 1.37 bits per heavy atom. The van der Waals surface area contributed by atoms with E-state index in [-0.39, 0.29) is 35.2 Å². The highest BCUT2D eigenvalue weighted by Gasteiger charge is 2.07. The van der Waals surface area contributed by atoms with Gasteiger partial charge in [-0.2, -0.15) is 0 Å². The first-order chi connectivity index (χ1) is 8.51. The minimum absolute atomic E-state index is 0. The van der Waals surface area contributed by atoms with Crippen LogP contribution in [0.25, 0.3) is 0 Å². The molecule has 0 amide bonds. The van der Waals surface area contributed by atoms with Crippen molar-refractivity contribution in [2.24, 2.45) is 19.1 Å². The average Bonchev–Trinajstić information content (AvgIpc) is 2.37. The van der Waals surface area contributed by atoms with Crippen LogP contribution in [-0.4, -0.2) is 27.1 Å². The van der Waals surface area contributed by atoms with Crippen molar-refractivity contribution in [2.45, 2.75) is 13.3 Å². The van der Waals surface area contributed by atoms with Crippen molar-refractivity contribution in [1.82, 2.24) is 9.13 Å². The first-order valence-corrected chi connectivity index (χ1v) is 6.86. The lowest BCUT2D eigenvalue weighted by Gasteiger charge is -2.12. The van der Waals surface area contributed by atoms with E-state index in [1.165, 1.54) is 29.4 Å². The quantitative estimate of drug-likeness (QED) is 0.473. The summed E-state index contributed by atoms with van der Waals surface area (Å²) in [4.78, 5) is 27.6. The van der Waals surface area contributed by atoms with Gasteiger partial charge in [-0.05, 0) is 12.7 Å². The Balaban J connectivity index is 0.00000324. The van der Waals surface area contributed by atoms with Crippen molar-refractivity contribution in [3.8, 4) is 0 Å². The van der Waals surface area contributed by atoms with Crippen LogP contribution >= 0.6 is 35.7 Å². The van der Waals surface area contributed by atoms with Crippen LogP contribution < -0.4 is 16.6 Å². The zero-order chi connectivity index (χ0) is 13.7. The van der Waals surface area contributed by atoms with E-state index >= 15 is 0 Å². The van der Waals surface area contributed by atoms with Crippen molar-refractivity contribution < 1.29 is 0 Å². The van der Waals surface area contributed by atoms with Crippen LogP contribution in [0.2, 0.25) is 0 Å². The number of thioether (sulfide) groups is 1. The van der Waals surface area contributed by atoms with Gasteiger partial charge in [0.15, 0.2) is 5.17 Å². The van der Waals surface area contributed by atoms with Gasteiger partial charge in [0.1, 0.15) is 5.82 Å².